The van der Waals surface area contributed by atoms with Crippen LogP contribution < -0.4 is 0 Å². The monoisotopic (exact) mass is 402 g/mol. The van der Waals surface area contributed by atoms with Crippen LogP contribution in [0.5, 0.6) is 0 Å². The van der Waals surface area contributed by atoms with Crippen molar-refractivity contribution in [1.82, 2.24) is 9.97 Å². The van der Waals surface area contributed by atoms with Crippen molar-refractivity contribution in [3.8, 4) is 11.4 Å². The number of nitrogens with zero attached hydrogens (tertiary/aromatic N) is 1. The average Bonchev–Trinajstić information content (AvgIpc) is 2.69. The summed E-state index contributed by atoms with van der Waals surface area (Å²) in [5.74, 6) is -0.112. The predicted octanol–water partition coefficient (Wildman–Crippen LogP) is 3.91. The van der Waals surface area contributed by atoms with Crippen LogP contribution >= 0.6 is 27.5 Å². The summed E-state index contributed by atoms with van der Waals surface area (Å²) >= 11 is 8.64. The maximum Gasteiger partial charge on any atom is 0.433 e. The van der Waals surface area contributed by atoms with Crippen LogP contribution in [-0.4, -0.2) is 24.6 Å². The minimum absolute atomic E-state index is 0.0205. The molecule has 1 aromatic heterocycles. The molecule has 4 nitrogen and oxygen atoms in total. The van der Waals surface area contributed by atoms with Gasteiger partial charge in [-0.15, -0.1) is 0 Å². The van der Waals surface area contributed by atoms with E-state index in [0.29, 0.717) is 0 Å². The third kappa shape index (κ3) is 3.41. The molecule has 0 bridgehead atoms. The molecule has 114 valence electrons. The first kappa shape index (κ1) is 16.3. The Balaban J connectivity index is 2.54. The Hall–Kier alpha value is -1.06. The van der Waals surface area contributed by atoms with E-state index in [4.69, 9.17) is 11.6 Å². The third-order valence-corrected chi connectivity index (χ3v) is 4.56. The first-order valence-electron chi connectivity index (χ1n) is 5.33. The van der Waals surface area contributed by atoms with Crippen LogP contribution in [0.3, 0.4) is 0 Å². The zero-order valence-corrected chi connectivity index (χ0v) is 13.5. The lowest BCUT2D eigenvalue weighted by molar-refractivity contribution is -0.141. The minimum atomic E-state index is -4.59. The molecule has 1 heterocycles. The summed E-state index contributed by atoms with van der Waals surface area (Å²) in [6, 6.07) is 3.71. The summed E-state index contributed by atoms with van der Waals surface area (Å²) in [5, 5.41) is -0.0205. The van der Waals surface area contributed by atoms with Crippen LogP contribution in [0.2, 0.25) is 5.02 Å². The van der Waals surface area contributed by atoms with Crippen molar-refractivity contribution in [1.29, 1.82) is 0 Å². The molecule has 21 heavy (non-hydrogen) atoms. The van der Waals surface area contributed by atoms with Crippen LogP contribution in [0.1, 0.15) is 5.69 Å². The Bertz CT molecular complexity index is 802. The van der Waals surface area contributed by atoms with Crippen LogP contribution in [0.15, 0.2) is 27.7 Å². The first-order chi connectivity index (χ1) is 9.50. The number of hydrogen-bond donors (Lipinski definition) is 1. The number of sulfone groups is 1. The van der Waals surface area contributed by atoms with E-state index in [1.54, 1.807) is 0 Å². The van der Waals surface area contributed by atoms with Gasteiger partial charge in [0.1, 0.15) is 10.4 Å². The second-order valence-electron chi connectivity index (χ2n) is 4.16. The highest BCUT2D eigenvalue weighted by atomic mass is 79.9. The van der Waals surface area contributed by atoms with Gasteiger partial charge in [0.2, 0.25) is 0 Å². The molecule has 2 aromatic rings. The molecule has 0 radical (unpaired) electrons. The van der Waals surface area contributed by atoms with E-state index in [-0.39, 0.29) is 21.3 Å². The molecule has 0 fully saturated rings. The van der Waals surface area contributed by atoms with Crippen molar-refractivity contribution in [2.75, 3.05) is 6.26 Å². The van der Waals surface area contributed by atoms with Crippen molar-refractivity contribution in [2.45, 2.75) is 11.1 Å². The molecule has 0 saturated carbocycles. The molecular weight excluding hydrogens is 397 g/mol. The minimum Gasteiger partial charge on any atom is -0.333 e. The van der Waals surface area contributed by atoms with Crippen molar-refractivity contribution in [3.63, 3.8) is 0 Å². The number of imidazole rings is 1. The number of halogens is 5. The fourth-order valence-corrected chi connectivity index (χ4v) is 3.07. The summed E-state index contributed by atoms with van der Waals surface area (Å²) < 4.78 is 60.4. The van der Waals surface area contributed by atoms with Gasteiger partial charge in [0, 0.05) is 11.8 Å². The highest BCUT2D eigenvalue weighted by Crippen LogP contribution is 2.36. The molecule has 0 unspecified atom stereocenters. The number of nitrogens with one attached hydrogen (secondary N) is 1. The summed E-state index contributed by atoms with van der Waals surface area (Å²) in [5.41, 5.74) is -0.874. The number of H-pyrrole nitrogens is 1. The Morgan fingerprint density at radius 1 is 1.33 bits per heavy atom. The van der Waals surface area contributed by atoms with E-state index in [9.17, 15) is 21.6 Å². The lowest BCUT2D eigenvalue weighted by Gasteiger charge is -2.05. The van der Waals surface area contributed by atoms with Crippen molar-refractivity contribution >= 4 is 37.4 Å². The van der Waals surface area contributed by atoms with Gasteiger partial charge in [-0.05, 0) is 34.1 Å². The summed E-state index contributed by atoms with van der Waals surface area (Å²) in [6.07, 6.45) is -3.59. The lowest BCUT2D eigenvalue weighted by atomic mass is 10.2. The summed E-state index contributed by atoms with van der Waals surface area (Å²) in [6.45, 7) is 0. The van der Waals surface area contributed by atoms with Crippen LogP contribution in [-0.2, 0) is 16.0 Å². The molecule has 0 amide bonds. The predicted molar refractivity (Wildman–Crippen MR) is 74.8 cm³/mol. The number of alkyl halides is 3. The van der Waals surface area contributed by atoms with Gasteiger partial charge in [0.25, 0.3) is 0 Å². The van der Waals surface area contributed by atoms with Crippen molar-refractivity contribution < 1.29 is 21.6 Å². The fraction of sp³-hybridized carbons (Fsp3) is 0.182. The molecule has 1 N–H and O–H groups in total. The molecule has 0 atom stereocenters. The van der Waals surface area contributed by atoms with E-state index >= 15 is 0 Å². The fourth-order valence-electron chi connectivity index (χ4n) is 1.59. The normalized spacial score (nSPS) is 12.7. The van der Waals surface area contributed by atoms with Gasteiger partial charge in [0.15, 0.2) is 15.5 Å². The highest BCUT2D eigenvalue weighted by Gasteiger charge is 2.36. The van der Waals surface area contributed by atoms with Crippen molar-refractivity contribution in [2.24, 2.45) is 0 Å². The maximum atomic E-state index is 12.7. The highest BCUT2D eigenvalue weighted by molar-refractivity contribution is 9.10. The molecule has 0 aliphatic rings. The zero-order chi connectivity index (χ0) is 16.0. The topological polar surface area (TPSA) is 62.8 Å². The van der Waals surface area contributed by atoms with Crippen LogP contribution in [0, 0.1) is 0 Å². The Kier molecular flexibility index (Phi) is 4.11. The Morgan fingerprint density at radius 3 is 2.38 bits per heavy atom. The number of rotatable bonds is 2. The second-order valence-corrected chi connectivity index (χ2v) is 7.34. The van der Waals surface area contributed by atoms with E-state index in [0.717, 1.165) is 12.3 Å². The van der Waals surface area contributed by atoms with Gasteiger partial charge in [-0.1, -0.05) is 11.6 Å². The second kappa shape index (κ2) is 5.29. The molecule has 0 saturated heterocycles. The number of aromatic nitrogens is 2. The van der Waals surface area contributed by atoms with E-state index in [1.165, 1.54) is 12.1 Å². The Labute approximate surface area is 131 Å². The van der Waals surface area contributed by atoms with Gasteiger partial charge in [-0.2, -0.15) is 13.2 Å². The van der Waals surface area contributed by atoms with Crippen LogP contribution in [0.25, 0.3) is 11.4 Å². The Morgan fingerprint density at radius 2 is 1.95 bits per heavy atom. The molecule has 10 heteroatoms. The molecule has 0 aliphatic carbocycles. The largest absolute Gasteiger partial charge is 0.433 e. The molecule has 1 aromatic carbocycles. The van der Waals surface area contributed by atoms with E-state index < -0.39 is 26.3 Å². The number of aromatic amines is 1. The zero-order valence-electron chi connectivity index (χ0n) is 10.3. The van der Waals surface area contributed by atoms with Gasteiger partial charge >= 0.3 is 6.18 Å². The quantitative estimate of drug-likeness (QED) is 0.827. The lowest BCUT2D eigenvalue weighted by Crippen LogP contribution is -2.06. The summed E-state index contributed by atoms with van der Waals surface area (Å²) in [7, 11) is -3.45. The van der Waals surface area contributed by atoms with Crippen LogP contribution in [0.4, 0.5) is 13.2 Å². The van der Waals surface area contributed by atoms with E-state index in [2.05, 4.69) is 25.9 Å². The van der Waals surface area contributed by atoms with E-state index in [1.807, 2.05) is 0 Å². The summed E-state index contributed by atoms with van der Waals surface area (Å²) in [4.78, 5) is 5.80. The van der Waals surface area contributed by atoms with Gasteiger partial charge in [-0.25, -0.2) is 13.4 Å². The first-order valence-corrected chi connectivity index (χ1v) is 8.39. The number of benzene rings is 1. The SMILES string of the molecule is CS(=O)(=O)c1ccc(-c2nc(Br)c(C(F)(F)F)[nH]2)c(Cl)c1. The molecule has 2 rings (SSSR count). The average molecular weight is 404 g/mol. The van der Waals surface area contributed by atoms with Gasteiger partial charge in [0.05, 0.1) is 9.92 Å². The standard InChI is InChI=1S/C11H7BrClF3N2O2S/c1-21(19,20)5-2-3-6(7(13)4-5)10-17-8(9(12)18-10)11(14,15)16/h2-4H,1H3,(H,17,18). The van der Waals surface area contributed by atoms with Crippen molar-refractivity contribution in [3.05, 3.63) is 33.5 Å². The van der Waals surface area contributed by atoms with Gasteiger partial charge in [-0.3, -0.25) is 0 Å². The molecule has 0 spiro atoms. The molecule has 0 aliphatic heterocycles. The molecular formula is C11H7BrClF3N2O2S. The smallest absolute Gasteiger partial charge is 0.333 e. The number of hydrogen-bond acceptors (Lipinski definition) is 3. The maximum absolute atomic E-state index is 12.7. The third-order valence-electron chi connectivity index (χ3n) is 2.57. The van der Waals surface area contributed by atoms with Gasteiger partial charge < -0.3 is 4.98 Å².